The molecule has 0 spiro atoms. The molecule has 1 fully saturated rings. The lowest BCUT2D eigenvalue weighted by Gasteiger charge is -2.34. The quantitative estimate of drug-likeness (QED) is 0.873. The molecule has 4 nitrogen and oxygen atoms in total. The van der Waals surface area contributed by atoms with Crippen LogP contribution in [0.25, 0.3) is 0 Å². The van der Waals surface area contributed by atoms with Gasteiger partial charge in [-0.2, -0.15) is 0 Å². The van der Waals surface area contributed by atoms with Crippen LogP contribution in [0, 0.1) is 5.92 Å². The minimum atomic E-state index is 0.483. The van der Waals surface area contributed by atoms with Gasteiger partial charge < -0.3 is 10.6 Å². The minimum absolute atomic E-state index is 0.483. The molecule has 17 heavy (non-hydrogen) atoms. The molecule has 0 unspecified atom stereocenters. The summed E-state index contributed by atoms with van der Waals surface area (Å²) in [6.45, 7) is 2.29. The second kappa shape index (κ2) is 5.34. The number of hydrogen-bond acceptors (Lipinski definition) is 4. The smallest absolute Gasteiger partial charge is 0.151 e. The lowest BCUT2D eigenvalue weighted by atomic mass is 9.84. The molecular weight excluding hydrogens is 212 g/mol. The lowest BCUT2D eigenvalue weighted by Crippen LogP contribution is -2.35. The van der Waals surface area contributed by atoms with Gasteiger partial charge in [-0.3, -0.25) is 0 Å². The van der Waals surface area contributed by atoms with E-state index >= 15 is 0 Å². The number of rotatable bonds is 3. The number of nitrogens with two attached hydrogens (primary N) is 1. The summed E-state index contributed by atoms with van der Waals surface area (Å²) in [5.41, 5.74) is 5.55. The molecule has 1 aliphatic rings. The second-order valence-electron chi connectivity index (χ2n) is 5.01. The standard InChI is InChI=1S/C13H22N4/c1-3-10-4-6-11(7-5-10)17(2)13-9-8-12(14)15-16-13/h8-11H,3-7H2,1-2H3,(H2,14,15). The largest absolute Gasteiger partial charge is 0.382 e. The van der Waals surface area contributed by atoms with E-state index in [4.69, 9.17) is 5.73 Å². The van der Waals surface area contributed by atoms with Crippen LogP contribution in [0.2, 0.25) is 0 Å². The molecule has 0 saturated heterocycles. The fraction of sp³-hybridized carbons (Fsp3) is 0.692. The van der Waals surface area contributed by atoms with Gasteiger partial charge >= 0.3 is 0 Å². The Balaban J connectivity index is 1.96. The van der Waals surface area contributed by atoms with Gasteiger partial charge in [-0.15, -0.1) is 10.2 Å². The van der Waals surface area contributed by atoms with Gasteiger partial charge in [0.25, 0.3) is 0 Å². The van der Waals surface area contributed by atoms with Crippen molar-refractivity contribution in [3.8, 4) is 0 Å². The normalized spacial score (nSPS) is 24.6. The predicted molar refractivity (Wildman–Crippen MR) is 70.9 cm³/mol. The van der Waals surface area contributed by atoms with E-state index in [1.54, 1.807) is 0 Å². The Morgan fingerprint density at radius 2 is 1.94 bits per heavy atom. The van der Waals surface area contributed by atoms with Crippen molar-refractivity contribution in [2.75, 3.05) is 17.7 Å². The van der Waals surface area contributed by atoms with E-state index < -0.39 is 0 Å². The van der Waals surface area contributed by atoms with Crippen LogP contribution in [0.1, 0.15) is 39.0 Å². The Morgan fingerprint density at radius 3 is 2.47 bits per heavy atom. The Bertz CT molecular complexity index is 341. The van der Waals surface area contributed by atoms with Gasteiger partial charge in [0.1, 0.15) is 5.82 Å². The summed E-state index contributed by atoms with van der Waals surface area (Å²) in [5.74, 6) is 2.34. The van der Waals surface area contributed by atoms with Crippen LogP contribution in [0.3, 0.4) is 0 Å². The molecule has 1 aromatic rings. The van der Waals surface area contributed by atoms with Crippen molar-refractivity contribution in [3.05, 3.63) is 12.1 Å². The summed E-state index contributed by atoms with van der Waals surface area (Å²) in [6.07, 6.45) is 6.53. The summed E-state index contributed by atoms with van der Waals surface area (Å²) in [4.78, 5) is 2.25. The van der Waals surface area contributed by atoms with Gasteiger partial charge in [0.15, 0.2) is 5.82 Å². The molecule has 1 saturated carbocycles. The molecule has 2 N–H and O–H groups in total. The van der Waals surface area contributed by atoms with Gasteiger partial charge in [-0.05, 0) is 43.7 Å². The summed E-state index contributed by atoms with van der Waals surface area (Å²) < 4.78 is 0. The molecule has 0 atom stereocenters. The third kappa shape index (κ3) is 2.87. The molecular formula is C13H22N4. The molecule has 2 rings (SSSR count). The molecule has 1 aromatic heterocycles. The average Bonchev–Trinajstić information content (AvgIpc) is 2.39. The summed E-state index contributed by atoms with van der Waals surface area (Å²) in [6, 6.07) is 4.38. The third-order valence-electron chi connectivity index (χ3n) is 3.97. The van der Waals surface area contributed by atoms with Gasteiger partial charge in [0.05, 0.1) is 0 Å². The van der Waals surface area contributed by atoms with Crippen LogP contribution < -0.4 is 10.6 Å². The van der Waals surface area contributed by atoms with Crippen LogP contribution in [0.15, 0.2) is 12.1 Å². The highest BCUT2D eigenvalue weighted by atomic mass is 15.3. The van der Waals surface area contributed by atoms with Crippen molar-refractivity contribution >= 4 is 11.6 Å². The number of aromatic nitrogens is 2. The number of anilines is 2. The first kappa shape index (κ1) is 12.1. The highest BCUT2D eigenvalue weighted by molar-refractivity contribution is 5.41. The topological polar surface area (TPSA) is 55.0 Å². The van der Waals surface area contributed by atoms with Crippen LogP contribution in [0.5, 0.6) is 0 Å². The van der Waals surface area contributed by atoms with Crippen molar-refractivity contribution in [2.45, 2.75) is 45.1 Å². The third-order valence-corrected chi connectivity index (χ3v) is 3.97. The van der Waals surface area contributed by atoms with E-state index in [0.29, 0.717) is 11.9 Å². The summed E-state index contributed by atoms with van der Waals surface area (Å²) in [5, 5.41) is 8.06. The van der Waals surface area contributed by atoms with Gasteiger partial charge in [0.2, 0.25) is 0 Å². The summed E-state index contributed by atoms with van der Waals surface area (Å²) in [7, 11) is 2.11. The monoisotopic (exact) mass is 234 g/mol. The molecule has 94 valence electrons. The zero-order valence-corrected chi connectivity index (χ0v) is 10.8. The van der Waals surface area contributed by atoms with Crippen LogP contribution >= 0.6 is 0 Å². The SMILES string of the molecule is CCC1CCC(N(C)c2ccc(N)nn2)CC1. The first-order valence-corrected chi connectivity index (χ1v) is 6.52. The molecule has 0 aromatic carbocycles. The van der Waals surface area contributed by atoms with Gasteiger partial charge in [-0.1, -0.05) is 13.3 Å². The molecule has 1 aliphatic carbocycles. The van der Waals surface area contributed by atoms with E-state index in [1.807, 2.05) is 12.1 Å². The maximum atomic E-state index is 5.55. The maximum absolute atomic E-state index is 5.55. The fourth-order valence-corrected chi connectivity index (χ4v) is 2.65. The maximum Gasteiger partial charge on any atom is 0.151 e. The van der Waals surface area contributed by atoms with Crippen molar-refractivity contribution in [3.63, 3.8) is 0 Å². The van der Waals surface area contributed by atoms with E-state index in [9.17, 15) is 0 Å². The zero-order valence-electron chi connectivity index (χ0n) is 10.8. The van der Waals surface area contributed by atoms with Crippen molar-refractivity contribution in [1.29, 1.82) is 0 Å². The van der Waals surface area contributed by atoms with E-state index in [2.05, 4.69) is 29.1 Å². The van der Waals surface area contributed by atoms with Crippen LogP contribution in [-0.4, -0.2) is 23.3 Å². The second-order valence-corrected chi connectivity index (χ2v) is 5.01. The predicted octanol–water partition coefficient (Wildman–Crippen LogP) is 2.46. The Labute approximate surface area is 103 Å². The zero-order chi connectivity index (χ0) is 12.3. The van der Waals surface area contributed by atoms with E-state index in [0.717, 1.165) is 11.7 Å². The first-order valence-electron chi connectivity index (χ1n) is 6.52. The number of nitrogens with zero attached hydrogens (tertiary/aromatic N) is 3. The van der Waals surface area contributed by atoms with Crippen molar-refractivity contribution in [1.82, 2.24) is 10.2 Å². The van der Waals surface area contributed by atoms with Gasteiger partial charge in [-0.25, -0.2) is 0 Å². The lowest BCUT2D eigenvalue weighted by molar-refractivity contribution is 0.312. The van der Waals surface area contributed by atoms with Crippen LogP contribution in [0.4, 0.5) is 11.6 Å². The Kier molecular flexibility index (Phi) is 3.82. The first-order chi connectivity index (χ1) is 8.20. The number of hydrogen-bond donors (Lipinski definition) is 1. The average molecular weight is 234 g/mol. The molecule has 0 amide bonds. The molecule has 0 radical (unpaired) electrons. The van der Waals surface area contributed by atoms with E-state index in [-0.39, 0.29) is 0 Å². The minimum Gasteiger partial charge on any atom is -0.382 e. The van der Waals surface area contributed by atoms with Crippen molar-refractivity contribution in [2.24, 2.45) is 5.92 Å². The van der Waals surface area contributed by atoms with E-state index in [1.165, 1.54) is 32.1 Å². The summed E-state index contributed by atoms with van der Waals surface area (Å²) >= 11 is 0. The van der Waals surface area contributed by atoms with Crippen LogP contribution in [-0.2, 0) is 0 Å². The molecule has 1 heterocycles. The highest BCUT2D eigenvalue weighted by Gasteiger charge is 2.23. The molecule has 4 heteroatoms. The molecule has 0 aliphatic heterocycles. The Hall–Kier alpha value is -1.32. The van der Waals surface area contributed by atoms with Crippen molar-refractivity contribution < 1.29 is 0 Å². The fourth-order valence-electron chi connectivity index (χ4n) is 2.65. The number of nitrogen functional groups attached to an aromatic ring is 1. The van der Waals surface area contributed by atoms with Gasteiger partial charge in [0, 0.05) is 13.1 Å². The Morgan fingerprint density at radius 1 is 1.24 bits per heavy atom. The highest BCUT2D eigenvalue weighted by Crippen LogP contribution is 2.30. The molecule has 0 bridgehead atoms.